The summed E-state index contributed by atoms with van der Waals surface area (Å²) in [5, 5.41) is 12.6. The van der Waals surface area contributed by atoms with E-state index in [0.717, 1.165) is 31.2 Å². The lowest BCUT2D eigenvalue weighted by Crippen LogP contribution is -2.45. The van der Waals surface area contributed by atoms with Gasteiger partial charge in [0.05, 0.1) is 6.07 Å². The molecule has 1 aliphatic carbocycles. The summed E-state index contributed by atoms with van der Waals surface area (Å²) in [7, 11) is 0. The van der Waals surface area contributed by atoms with Crippen molar-refractivity contribution in [1.29, 1.82) is 5.26 Å². The predicted molar refractivity (Wildman–Crippen MR) is 70.5 cm³/mol. The van der Waals surface area contributed by atoms with Crippen LogP contribution in [0.3, 0.4) is 0 Å². The highest BCUT2D eigenvalue weighted by atomic mass is 35.5. The van der Waals surface area contributed by atoms with Gasteiger partial charge in [0.25, 0.3) is 5.91 Å². The van der Waals surface area contributed by atoms with Crippen LogP contribution in [-0.2, 0) is 0 Å². The topological polar surface area (TPSA) is 52.9 Å². The number of nitrogens with zero attached hydrogens (tertiary/aromatic N) is 1. The molecule has 0 radical (unpaired) electrons. The van der Waals surface area contributed by atoms with Gasteiger partial charge in [0.2, 0.25) is 0 Å². The molecule has 0 aliphatic heterocycles. The molecule has 0 spiro atoms. The minimum absolute atomic E-state index is 0.210. The summed E-state index contributed by atoms with van der Waals surface area (Å²) in [6.45, 7) is 1.86. The zero-order valence-corrected chi connectivity index (χ0v) is 11.0. The second-order valence-corrected chi connectivity index (χ2v) is 5.25. The molecule has 0 bridgehead atoms. The molecule has 94 valence electrons. The molecule has 1 N–H and O–H groups in total. The summed E-state index contributed by atoms with van der Waals surface area (Å²) in [5.41, 5.74) is 0.721. The molecular formula is C14H15ClN2O. The van der Waals surface area contributed by atoms with Crippen LogP contribution in [-0.4, -0.2) is 11.4 Å². The van der Waals surface area contributed by atoms with Crippen LogP contribution >= 0.6 is 11.6 Å². The molecule has 0 heterocycles. The molecule has 1 aromatic carbocycles. The first kappa shape index (κ1) is 12.9. The molecule has 0 atom stereocenters. The molecule has 0 unspecified atom stereocenters. The Morgan fingerprint density at radius 3 is 2.72 bits per heavy atom. The predicted octanol–water partition coefficient (Wildman–Crippen LogP) is 3.21. The fraction of sp³-hybridized carbons (Fsp3) is 0.429. The number of hydrogen-bond donors (Lipinski definition) is 1. The highest BCUT2D eigenvalue weighted by Gasteiger charge is 2.35. The highest BCUT2D eigenvalue weighted by Crippen LogP contribution is 2.29. The molecule has 4 heteroatoms. The van der Waals surface area contributed by atoms with Gasteiger partial charge in [-0.1, -0.05) is 17.7 Å². The lowest BCUT2D eigenvalue weighted by Gasteiger charge is -2.22. The maximum absolute atomic E-state index is 12.2. The van der Waals surface area contributed by atoms with E-state index in [1.807, 2.05) is 13.0 Å². The van der Waals surface area contributed by atoms with Crippen molar-refractivity contribution in [3.8, 4) is 6.07 Å². The number of nitriles is 1. The molecular weight excluding hydrogens is 248 g/mol. The lowest BCUT2D eigenvalue weighted by molar-refractivity contribution is 0.0920. The average molecular weight is 263 g/mol. The van der Waals surface area contributed by atoms with E-state index in [1.165, 1.54) is 0 Å². The van der Waals surface area contributed by atoms with Crippen molar-refractivity contribution >= 4 is 17.5 Å². The van der Waals surface area contributed by atoms with Crippen molar-refractivity contribution in [3.63, 3.8) is 0 Å². The normalized spacial score (nSPS) is 17.2. The number of benzene rings is 1. The second kappa shape index (κ2) is 4.99. The molecule has 1 aliphatic rings. The number of halogens is 1. The summed E-state index contributed by atoms with van der Waals surface area (Å²) in [6.07, 6.45) is 3.44. The van der Waals surface area contributed by atoms with Crippen molar-refractivity contribution in [2.75, 3.05) is 0 Å². The monoisotopic (exact) mass is 262 g/mol. The van der Waals surface area contributed by atoms with Gasteiger partial charge in [0.1, 0.15) is 5.54 Å². The fourth-order valence-corrected chi connectivity index (χ4v) is 2.54. The third-order valence-corrected chi connectivity index (χ3v) is 3.70. The average Bonchev–Trinajstić information content (AvgIpc) is 2.81. The Bertz CT molecular complexity index is 513. The minimum Gasteiger partial charge on any atom is -0.334 e. The number of amides is 1. The summed E-state index contributed by atoms with van der Waals surface area (Å²) in [6, 6.07) is 7.46. The van der Waals surface area contributed by atoms with E-state index in [4.69, 9.17) is 11.6 Å². The summed E-state index contributed by atoms with van der Waals surface area (Å²) < 4.78 is 0. The van der Waals surface area contributed by atoms with Gasteiger partial charge >= 0.3 is 0 Å². The Kier molecular flexibility index (Phi) is 3.58. The molecule has 2 rings (SSSR count). The molecule has 0 aromatic heterocycles. The second-order valence-electron chi connectivity index (χ2n) is 4.81. The van der Waals surface area contributed by atoms with Crippen LogP contribution in [0.4, 0.5) is 0 Å². The molecule has 1 fully saturated rings. The van der Waals surface area contributed by atoms with Gasteiger partial charge in [0, 0.05) is 10.6 Å². The summed E-state index contributed by atoms with van der Waals surface area (Å²) >= 11 is 5.90. The SMILES string of the molecule is Cc1ccc(Cl)cc1C(=O)NC1(C#N)CCCC1. The number of carbonyl (C=O) groups is 1. The standard InChI is InChI=1S/C14H15ClN2O/c1-10-4-5-11(15)8-12(10)13(18)17-14(9-16)6-2-3-7-14/h4-5,8H,2-3,6-7H2,1H3,(H,17,18). The Hall–Kier alpha value is -1.53. The zero-order chi connectivity index (χ0) is 13.2. The van der Waals surface area contributed by atoms with Gasteiger partial charge in [-0.15, -0.1) is 0 Å². The Morgan fingerprint density at radius 1 is 1.44 bits per heavy atom. The highest BCUT2D eigenvalue weighted by molar-refractivity contribution is 6.31. The van der Waals surface area contributed by atoms with Gasteiger partial charge in [-0.2, -0.15) is 5.26 Å². The first-order valence-electron chi connectivity index (χ1n) is 6.06. The van der Waals surface area contributed by atoms with Crippen LogP contribution < -0.4 is 5.32 Å². The maximum atomic E-state index is 12.2. The number of carbonyl (C=O) groups excluding carboxylic acids is 1. The maximum Gasteiger partial charge on any atom is 0.252 e. The quantitative estimate of drug-likeness (QED) is 0.890. The van der Waals surface area contributed by atoms with Gasteiger partial charge in [-0.05, 0) is 50.3 Å². The van der Waals surface area contributed by atoms with E-state index >= 15 is 0 Å². The molecule has 1 saturated carbocycles. The van der Waals surface area contributed by atoms with Crippen LogP contribution in [0.5, 0.6) is 0 Å². The van der Waals surface area contributed by atoms with E-state index in [2.05, 4.69) is 11.4 Å². The van der Waals surface area contributed by atoms with Crippen LogP contribution in [0.1, 0.15) is 41.6 Å². The number of aryl methyl sites for hydroxylation is 1. The zero-order valence-electron chi connectivity index (χ0n) is 10.3. The van der Waals surface area contributed by atoms with E-state index in [0.29, 0.717) is 10.6 Å². The minimum atomic E-state index is -0.689. The number of hydrogen-bond acceptors (Lipinski definition) is 2. The molecule has 18 heavy (non-hydrogen) atoms. The summed E-state index contributed by atoms with van der Waals surface area (Å²) in [4.78, 5) is 12.2. The molecule has 3 nitrogen and oxygen atoms in total. The number of nitrogens with one attached hydrogen (secondary N) is 1. The van der Waals surface area contributed by atoms with Crippen LogP contribution in [0.2, 0.25) is 5.02 Å². The van der Waals surface area contributed by atoms with E-state index in [9.17, 15) is 10.1 Å². The van der Waals surface area contributed by atoms with Gasteiger partial charge in [0.15, 0.2) is 0 Å². The van der Waals surface area contributed by atoms with Crippen molar-refractivity contribution in [3.05, 3.63) is 34.3 Å². The van der Waals surface area contributed by atoms with Gasteiger partial charge in [-0.25, -0.2) is 0 Å². The fourth-order valence-electron chi connectivity index (χ4n) is 2.37. The third kappa shape index (κ3) is 2.49. The van der Waals surface area contributed by atoms with E-state index in [1.54, 1.807) is 12.1 Å². The smallest absolute Gasteiger partial charge is 0.252 e. The van der Waals surface area contributed by atoms with Crippen molar-refractivity contribution in [2.45, 2.75) is 38.1 Å². The third-order valence-electron chi connectivity index (χ3n) is 3.47. The van der Waals surface area contributed by atoms with E-state index in [-0.39, 0.29) is 5.91 Å². The first-order chi connectivity index (χ1) is 8.56. The largest absolute Gasteiger partial charge is 0.334 e. The van der Waals surface area contributed by atoms with Crippen LogP contribution in [0, 0.1) is 18.3 Å². The molecule has 0 saturated heterocycles. The lowest BCUT2D eigenvalue weighted by atomic mass is 9.98. The van der Waals surface area contributed by atoms with Crippen molar-refractivity contribution in [2.24, 2.45) is 0 Å². The Balaban J connectivity index is 2.22. The van der Waals surface area contributed by atoms with Crippen molar-refractivity contribution < 1.29 is 4.79 Å². The molecule has 1 amide bonds. The van der Waals surface area contributed by atoms with Gasteiger partial charge in [-0.3, -0.25) is 4.79 Å². The number of rotatable bonds is 2. The van der Waals surface area contributed by atoms with Gasteiger partial charge < -0.3 is 5.32 Å². The Morgan fingerprint density at radius 2 is 2.11 bits per heavy atom. The van der Waals surface area contributed by atoms with E-state index < -0.39 is 5.54 Å². The van der Waals surface area contributed by atoms with Crippen molar-refractivity contribution in [1.82, 2.24) is 5.32 Å². The van der Waals surface area contributed by atoms with Crippen LogP contribution in [0.25, 0.3) is 0 Å². The summed E-state index contributed by atoms with van der Waals surface area (Å²) in [5.74, 6) is -0.210. The molecule has 1 aromatic rings. The van der Waals surface area contributed by atoms with Crippen LogP contribution in [0.15, 0.2) is 18.2 Å². The first-order valence-corrected chi connectivity index (χ1v) is 6.44. The Labute approximate surface area is 112 Å².